The summed E-state index contributed by atoms with van der Waals surface area (Å²) < 4.78 is 0. The van der Waals surface area contributed by atoms with Crippen molar-refractivity contribution in [3.05, 3.63) is 60.2 Å². The van der Waals surface area contributed by atoms with Crippen LogP contribution in [0.3, 0.4) is 0 Å². The van der Waals surface area contributed by atoms with Crippen molar-refractivity contribution in [1.82, 2.24) is 10.6 Å². The number of carbonyl (C=O) groups is 2. The SMILES string of the molecule is O=C1CCCC(NC(=O)c2cccc(-c3ccccc3)c2)CN1. The van der Waals surface area contributed by atoms with E-state index in [1.165, 1.54) is 0 Å². The number of carbonyl (C=O) groups excluding carboxylic acids is 2. The third-order valence-corrected chi connectivity index (χ3v) is 4.07. The van der Waals surface area contributed by atoms with Crippen molar-refractivity contribution < 1.29 is 9.59 Å². The summed E-state index contributed by atoms with van der Waals surface area (Å²) in [5.41, 5.74) is 2.75. The van der Waals surface area contributed by atoms with Gasteiger partial charge in [-0.2, -0.15) is 0 Å². The van der Waals surface area contributed by atoms with Crippen LogP contribution in [0.25, 0.3) is 11.1 Å². The Morgan fingerprint density at radius 1 is 1.04 bits per heavy atom. The summed E-state index contributed by atoms with van der Waals surface area (Å²) in [4.78, 5) is 23.8. The maximum absolute atomic E-state index is 12.5. The van der Waals surface area contributed by atoms with Gasteiger partial charge in [0.25, 0.3) is 5.91 Å². The Hall–Kier alpha value is -2.62. The summed E-state index contributed by atoms with van der Waals surface area (Å²) in [6.07, 6.45) is 2.17. The molecule has 1 unspecified atom stereocenters. The highest BCUT2D eigenvalue weighted by molar-refractivity contribution is 5.95. The number of benzene rings is 2. The lowest BCUT2D eigenvalue weighted by molar-refractivity contribution is -0.120. The molecular formula is C19H20N2O2. The minimum atomic E-state index is -0.0936. The summed E-state index contributed by atoms with van der Waals surface area (Å²) in [6, 6.07) is 17.6. The average Bonchev–Trinajstić information content (AvgIpc) is 2.80. The van der Waals surface area contributed by atoms with E-state index in [0.29, 0.717) is 18.5 Å². The molecule has 0 spiro atoms. The second-order valence-electron chi connectivity index (χ2n) is 5.81. The highest BCUT2D eigenvalue weighted by atomic mass is 16.2. The van der Waals surface area contributed by atoms with Crippen molar-refractivity contribution in [1.29, 1.82) is 0 Å². The Labute approximate surface area is 135 Å². The van der Waals surface area contributed by atoms with Crippen molar-refractivity contribution in [2.45, 2.75) is 25.3 Å². The molecule has 1 atom stereocenters. The molecule has 3 rings (SSSR count). The first-order chi connectivity index (χ1) is 11.2. The largest absolute Gasteiger partial charge is 0.354 e. The molecule has 0 saturated carbocycles. The third kappa shape index (κ3) is 3.97. The van der Waals surface area contributed by atoms with Crippen LogP contribution in [0.15, 0.2) is 54.6 Å². The molecule has 2 aromatic carbocycles. The van der Waals surface area contributed by atoms with Crippen LogP contribution < -0.4 is 10.6 Å². The molecule has 2 aromatic rings. The van der Waals surface area contributed by atoms with E-state index >= 15 is 0 Å². The molecule has 2 N–H and O–H groups in total. The quantitative estimate of drug-likeness (QED) is 0.916. The standard InChI is InChI=1S/C19H20N2O2/c22-18-11-5-10-17(13-20-18)21-19(23)16-9-4-8-15(12-16)14-6-2-1-3-7-14/h1-4,6-9,12,17H,5,10-11,13H2,(H,20,22)(H,21,23). The fourth-order valence-corrected chi connectivity index (χ4v) is 2.80. The van der Waals surface area contributed by atoms with Gasteiger partial charge in [0.1, 0.15) is 0 Å². The maximum atomic E-state index is 12.5. The summed E-state index contributed by atoms with van der Waals surface area (Å²) in [5, 5.41) is 5.86. The van der Waals surface area contributed by atoms with E-state index in [4.69, 9.17) is 0 Å². The van der Waals surface area contributed by atoms with Crippen LogP contribution in [0, 0.1) is 0 Å². The van der Waals surface area contributed by atoms with E-state index < -0.39 is 0 Å². The minimum Gasteiger partial charge on any atom is -0.354 e. The van der Waals surface area contributed by atoms with Crippen molar-refractivity contribution in [2.24, 2.45) is 0 Å². The van der Waals surface area contributed by atoms with E-state index in [-0.39, 0.29) is 17.9 Å². The van der Waals surface area contributed by atoms with Gasteiger partial charge in [-0.05, 0) is 36.1 Å². The van der Waals surface area contributed by atoms with Gasteiger partial charge < -0.3 is 10.6 Å². The van der Waals surface area contributed by atoms with Crippen molar-refractivity contribution in [3.63, 3.8) is 0 Å². The molecule has 23 heavy (non-hydrogen) atoms. The lowest BCUT2D eigenvalue weighted by Crippen LogP contribution is -2.41. The first kappa shape index (κ1) is 15.3. The molecule has 1 fully saturated rings. The van der Waals surface area contributed by atoms with Crippen molar-refractivity contribution in [2.75, 3.05) is 6.54 Å². The lowest BCUT2D eigenvalue weighted by Gasteiger charge is -2.16. The molecule has 0 bridgehead atoms. The summed E-state index contributed by atoms with van der Waals surface area (Å²) in [6.45, 7) is 0.503. The Kier molecular flexibility index (Phi) is 4.71. The number of rotatable bonds is 3. The Bertz CT molecular complexity index is 698. The monoisotopic (exact) mass is 308 g/mol. The first-order valence-electron chi connectivity index (χ1n) is 7.95. The lowest BCUT2D eigenvalue weighted by atomic mass is 10.0. The summed E-state index contributed by atoms with van der Waals surface area (Å²) >= 11 is 0. The normalized spacial score (nSPS) is 17.9. The van der Waals surface area contributed by atoms with E-state index in [1.54, 1.807) is 0 Å². The number of hydrogen-bond donors (Lipinski definition) is 2. The average molecular weight is 308 g/mol. The van der Waals surface area contributed by atoms with Crippen LogP contribution in [-0.4, -0.2) is 24.4 Å². The van der Waals surface area contributed by atoms with Gasteiger partial charge in [0, 0.05) is 24.6 Å². The minimum absolute atomic E-state index is 0.00525. The fraction of sp³-hybridized carbons (Fsp3) is 0.263. The van der Waals surface area contributed by atoms with E-state index in [0.717, 1.165) is 24.0 Å². The molecule has 0 aromatic heterocycles. The van der Waals surface area contributed by atoms with Crippen LogP contribution in [0.4, 0.5) is 0 Å². The van der Waals surface area contributed by atoms with Crippen LogP contribution in [0.5, 0.6) is 0 Å². The van der Waals surface area contributed by atoms with Gasteiger partial charge >= 0.3 is 0 Å². The van der Waals surface area contributed by atoms with Crippen molar-refractivity contribution >= 4 is 11.8 Å². The predicted molar refractivity (Wildman–Crippen MR) is 90.0 cm³/mol. The number of amides is 2. The van der Waals surface area contributed by atoms with Crippen LogP contribution in [0.2, 0.25) is 0 Å². The van der Waals surface area contributed by atoms with Gasteiger partial charge in [-0.1, -0.05) is 42.5 Å². The molecule has 1 aliphatic heterocycles. The zero-order valence-corrected chi connectivity index (χ0v) is 12.9. The molecule has 2 amide bonds. The van der Waals surface area contributed by atoms with Gasteiger partial charge in [-0.15, -0.1) is 0 Å². The Morgan fingerprint density at radius 2 is 1.83 bits per heavy atom. The van der Waals surface area contributed by atoms with Crippen LogP contribution in [-0.2, 0) is 4.79 Å². The highest BCUT2D eigenvalue weighted by Gasteiger charge is 2.18. The molecule has 1 heterocycles. The summed E-state index contributed by atoms with van der Waals surface area (Å²) in [5.74, 6) is -0.0308. The second kappa shape index (κ2) is 7.09. The van der Waals surface area contributed by atoms with Crippen LogP contribution >= 0.6 is 0 Å². The smallest absolute Gasteiger partial charge is 0.251 e. The van der Waals surface area contributed by atoms with Gasteiger partial charge in [0.15, 0.2) is 0 Å². The van der Waals surface area contributed by atoms with Gasteiger partial charge in [0.2, 0.25) is 5.91 Å². The Balaban J connectivity index is 1.71. The topological polar surface area (TPSA) is 58.2 Å². The maximum Gasteiger partial charge on any atom is 0.251 e. The molecule has 4 nitrogen and oxygen atoms in total. The first-order valence-corrected chi connectivity index (χ1v) is 7.95. The molecule has 0 aliphatic carbocycles. The molecule has 1 saturated heterocycles. The molecule has 0 radical (unpaired) electrons. The second-order valence-corrected chi connectivity index (χ2v) is 5.81. The van der Waals surface area contributed by atoms with Gasteiger partial charge in [-0.25, -0.2) is 0 Å². The van der Waals surface area contributed by atoms with E-state index in [9.17, 15) is 9.59 Å². The zero-order chi connectivity index (χ0) is 16.1. The highest BCUT2D eigenvalue weighted by Crippen LogP contribution is 2.20. The summed E-state index contributed by atoms with van der Waals surface area (Å²) in [7, 11) is 0. The number of nitrogens with one attached hydrogen (secondary N) is 2. The van der Waals surface area contributed by atoms with Gasteiger partial charge in [0.05, 0.1) is 0 Å². The van der Waals surface area contributed by atoms with E-state index in [2.05, 4.69) is 10.6 Å². The fourth-order valence-electron chi connectivity index (χ4n) is 2.80. The molecule has 1 aliphatic rings. The number of hydrogen-bond acceptors (Lipinski definition) is 2. The zero-order valence-electron chi connectivity index (χ0n) is 12.9. The van der Waals surface area contributed by atoms with E-state index in [1.807, 2.05) is 54.6 Å². The Morgan fingerprint density at radius 3 is 2.65 bits per heavy atom. The molecular weight excluding hydrogens is 288 g/mol. The van der Waals surface area contributed by atoms with Crippen molar-refractivity contribution in [3.8, 4) is 11.1 Å². The molecule has 118 valence electrons. The van der Waals surface area contributed by atoms with Gasteiger partial charge in [-0.3, -0.25) is 9.59 Å². The third-order valence-electron chi connectivity index (χ3n) is 4.07. The van der Waals surface area contributed by atoms with Crippen LogP contribution in [0.1, 0.15) is 29.6 Å². The molecule has 4 heteroatoms. The predicted octanol–water partition coefficient (Wildman–Crippen LogP) is 2.75.